The Morgan fingerprint density at radius 3 is 2.43 bits per heavy atom. The zero-order valence-corrected chi connectivity index (χ0v) is 13.2. The minimum Gasteiger partial charge on any atom is -0.312 e. The molecule has 0 saturated heterocycles. The normalized spacial score (nSPS) is 13.2. The first kappa shape index (κ1) is 17.9. The molecular weight excluding hydrogens is 310 g/mol. The van der Waals surface area contributed by atoms with Crippen molar-refractivity contribution in [2.24, 2.45) is 5.92 Å². The van der Waals surface area contributed by atoms with Gasteiger partial charge in [-0.25, -0.2) is 4.39 Å². The fraction of sp³-hybridized carbons (Fsp3) is 0.312. The van der Waals surface area contributed by atoms with Crippen LogP contribution in [0.15, 0.2) is 42.7 Å². The quantitative estimate of drug-likeness (QED) is 0.888. The second-order valence-corrected chi connectivity index (χ2v) is 5.16. The number of aromatic nitrogens is 1. The maximum atomic E-state index is 12.9. The Labute approximate surface area is 137 Å². The van der Waals surface area contributed by atoms with Crippen LogP contribution in [0.3, 0.4) is 0 Å². The molecular formula is C16H19Cl2FN2. The maximum Gasteiger partial charge on any atom is 0.123 e. The summed E-state index contributed by atoms with van der Waals surface area (Å²) in [7, 11) is 0. The van der Waals surface area contributed by atoms with Crippen molar-refractivity contribution in [3.8, 4) is 11.1 Å². The molecule has 1 heterocycles. The van der Waals surface area contributed by atoms with Gasteiger partial charge in [-0.2, -0.15) is 0 Å². The highest BCUT2D eigenvalue weighted by Crippen LogP contribution is 2.27. The van der Waals surface area contributed by atoms with E-state index in [-0.39, 0.29) is 30.6 Å². The van der Waals surface area contributed by atoms with E-state index < -0.39 is 0 Å². The fourth-order valence-corrected chi connectivity index (χ4v) is 2.13. The van der Waals surface area contributed by atoms with Gasteiger partial charge in [-0.05, 0) is 54.6 Å². The molecule has 2 nitrogen and oxygen atoms in total. The molecule has 1 aromatic heterocycles. The summed E-state index contributed by atoms with van der Waals surface area (Å²) in [5.41, 5.74) is 3.20. The van der Waals surface area contributed by atoms with Gasteiger partial charge in [0.25, 0.3) is 0 Å². The van der Waals surface area contributed by atoms with Crippen molar-refractivity contribution in [1.29, 1.82) is 0 Å². The van der Waals surface area contributed by atoms with Gasteiger partial charge in [0, 0.05) is 24.5 Å². The summed E-state index contributed by atoms with van der Waals surface area (Å²) in [6.07, 6.45) is 6.42. The second-order valence-electron chi connectivity index (χ2n) is 5.16. The highest BCUT2D eigenvalue weighted by atomic mass is 35.5. The van der Waals surface area contributed by atoms with Crippen LogP contribution in [0, 0.1) is 11.7 Å². The topological polar surface area (TPSA) is 24.9 Å². The minimum atomic E-state index is -0.209. The first-order chi connectivity index (χ1) is 9.31. The standard InChI is InChI=1S/C16H17FN2.2ClH/c17-16-5-3-14(4-6-16)15-7-13(10-19-11-15)9-18-8-12-1-2-12;;/h3-7,10-12,18H,1-2,8-9H2;2*1H. The fourth-order valence-electron chi connectivity index (χ4n) is 2.13. The van der Waals surface area contributed by atoms with Gasteiger partial charge < -0.3 is 5.32 Å². The molecule has 21 heavy (non-hydrogen) atoms. The monoisotopic (exact) mass is 328 g/mol. The predicted octanol–water partition coefficient (Wildman–Crippen LogP) is 4.23. The molecule has 2 aromatic rings. The van der Waals surface area contributed by atoms with E-state index in [0.29, 0.717) is 0 Å². The van der Waals surface area contributed by atoms with Gasteiger partial charge in [0.2, 0.25) is 0 Å². The average Bonchev–Trinajstić information content (AvgIpc) is 3.24. The minimum absolute atomic E-state index is 0. The highest BCUT2D eigenvalue weighted by molar-refractivity contribution is 5.85. The second kappa shape index (κ2) is 8.32. The molecule has 0 radical (unpaired) electrons. The number of pyridine rings is 1. The van der Waals surface area contributed by atoms with Gasteiger partial charge >= 0.3 is 0 Å². The van der Waals surface area contributed by atoms with Crippen molar-refractivity contribution < 1.29 is 4.39 Å². The van der Waals surface area contributed by atoms with Gasteiger partial charge in [-0.3, -0.25) is 4.98 Å². The Bertz CT molecular complexity index is 556. The highest BCUT2D eigenvalue weighted by Gasteiger charge is 2.20. The van der Waals surface area contributed by atoms with Crippen LogP contribution in [0.2, 0.25) is 0 Å². The molecule has 0 aliphatic heterocycles. The van der Waals surface area contributed by atoms with Crippen molar-refractivity contribution in [2.75, 3.05) is 6.54 Å². The molecule has 1 saturated carbocycles. The summed E-state index contributed by atoms with van der Waals surface area (Å²) < 4.78 is 12.9. The largest absolute Gasteiger partial charge is 0.312 e. The molecule has 0 amide bonds. The maximum absolute atomic E-state index is 12.9. The van der Waals surface area contributed by atoms with Crippen molar-refractivity contribution >= 4 is 24.8 Å². The average molecular weight is 329 g/mol. The summed E-state index contributed by atoms with van der Waals surface area (Å²) >= 11 is 0. The summed E-state index contributed by atoms with van der Waals surface area (Å²) in [6, 6.07) is 8.64. The molecule has 1 aliphatic rings. The molecule has 0 spiro atoms. The van der Waals surface area contributed by atoms with E-state index in [4.69, 9.17) is 0 Å². The first-order valence-corrected chi connectivity index (χ1v) is 6.72. The molecule has 5 heteroatoms. The summed E-state index contributed by atoms with van der Waals surface area (Å²) in [4.78, 5) is 4.26. The van der Waals surface area contributed by atoms with Crippen molar-refractivity contribution in [1.82, 2.24) is 10.3 Å². The number of nitrogens with zero attached hydrogens (tertiary/aromatic N) is 1. The Morgan fingerprint density at radius 1 is 1.05 bits per heavy atom. The third-order valence-electron chi connectivity index (χ3n) is 3.43. The smallest absolute Gasteiger partial charge is 0.123 e. The molecule has 1 fully saturated rings. The van der Waals surface area contributed by atoms with Crippen LogP contribution in [-0.2, 0) is 6.54 Å². The van der Waals surface area contributed by atoms with Gasteiger partial charge in [0.15, 0.2) is 0 Å². The van der Waals surface area contributed by atoms with E-state index in [0.717, 1.165) is 30.1 Å². The van der Waals surface area contributed by atoms with Gasteiger partial charge in [-0.15, -0.1) is 24.8 Å². The van der Waals surface area contributed by atoms with Gasteiger partial charge in [0.05, 0.1) is 0 Å². The number of halogens is 3. The predicted molar refractivity (Wildman–Crippen MR) is 88.6 cm³/mol. The number of rotatable bonds is 5. The van der Waals surface area contributed by atoms with E-state index in [1.165, 1.54) is 30.5 Å². The van der Waals surface area contributed by atoms with Gasteiger partial charge in [-0.1, -0.05) is 12.1 Å². The zero-order valence-electron chi connectivity index (χ0n) is 11.6. The molecule has 1 N–H and O–H groups in total. The van der Waals surface area contributed by atoms with E-state index in [1.54, 1.807) is 12.1 Å². The summed E-state index contributed by atoms with van der Waals surface area (Å²) in [5, 5.41) is 3.45. The van der Waals surface area contributed by atoms with E-state index in [9.17, 15) is 4.39 Å². The molecule has 0 unspecified atom stereocenters. The van der Waals surface area contributed by atoms with Crippen LogP contribution in [0.5, 0.6) is 0 Å². The molecule has 3 rings (SSSR count). The third-order valence-corrected chi connectivity index (χ3v) is 3.43. The van der Waals surface area contributed by atoms with E-state index in [2.05, 4.69) is 16.4 Å². The number of hydrogen-bond acceptors (Lipinski definition) is 2. The first-order valence-electron chi connectivity index (χ1n) is 6.72. The Morgan fingerprint density at radius 2 is 1.76 bits per heavy atom. The van der Waals surface area contributed by atoms with Crippen LogP contribution in [0.4, 0.5) is 4.39 Å². The van der Waals surface area contributed by atoms with E-state index >= 15 is 0 Å². The lowest BCUT2D eigenvalue weighted by Crippen LogP contribution is -2.16. The van der Waals surface area contributed by atoms with Crippen molar-refractivity contribution in [2.45, 2.75) is 19.4 Å². The number of hydrogen-bond donors (Lipinski definition) is 1. The lowest BCUT2D eigenvalue weighted by Gasteiger charge is -2.06. The zero-order chi connectivity index (χ0) is 13.1. The summed E-state index contributed by atoms with van der Waals surface area (Å²) in [5.74, 6) is 0.673. The Hall–Kier alpha value is -1.16. The molecule has 0 atom stereocenters. The van der Waals surface area contributed by atoms with E-state index in [1.807, 2.05) is 12.4 Å². The SMILES string of the molecule is Cl.Cl.Fc1ccc(-c2cncc(CNCC3CC3)c2)cc1. The Balaban J connectivity index is 0.00000110. The molecule has 1 aromatic carbocycles. The third kappa shape index (κ3) is 5.27. The summed E-state index contributed by atoms with van der Waals surface area (Å²) in [6.45, 7) is 1.94. The van der Waals surface area contributed by atoms with Crippen LogP contribution < -0.4 is 5.32 Å². The Kier molecular flexibility index (Phi) is 7.09. The van der Waals surface area contributed by atoms with Gasteiger partial charge in [0.1, 0.15) is 5.82 Å². The van der Waals surface area contributed by atoms with Crippen LogP contribution >= 0.6 is 24.8 Å². The molecule has 1 aliphatic carbocycles. The number of nitrogens with one attached hydrogen (secondary N) is 1. The molecule has 0 bridgehead atoms. The van der Waals surface area contributed by atoms with Crippen LogP contribution in [0.25, 0.3) is 11.1 Å². The van der Waals surface area contributed by atoms with Crippen molar-refractivity contribution in [3.63, 3.8) is 0 Å². The van der Waals surface area contributed by atoms with Crippen LogP contribution in [0.1, 0.15) is 18.4 Å². The lowest BCUT2D eigenvalue weighted by molar-refractivity contribution is 0.628. The van der Waals surface area contributed by atoms with Crippen molar-refractivity contribution in [3.05, 3.63) is 54.1 Å². The molecule has 114 valence electrons. The van der Waals surface area contributed by atoms with Crippen LogP contribution in [-0.4, -0.2) is 11.5 Å². The lowest BCUT2D eigenvalue weighted by atomic mass is 10.1. The number of benzene rings is 1.